The van der Waals surface area contributed by atoms with Gasteiger partial charge in [-0.2, -0.15) is 0 Å². The van der Waals surface area contributed by atoms with Gasteiger partial charge in [-0.3, -0.25) is 13.9 Å². The van der Waals surface area contributed by atoms with Crippen molar-refractivity contribution >= 4 is 43.5 Å². The van der Waals surface area contributed by atoms with E-state index in [2.05, 4.69) is 21.2 Å². The number of carbonyl (C=O) groups excluding carboxylic acids is 2. The Balaban J connectivity index is 2.01. The second-order valence-corrected chi connectivity index (χ2v) is 11.8. The molecule has 7 nitrogen and oxygen atoms in total. The quantitative estimate of drug-likeness (QED) is 0.256. The molecule has 10 heteroatoms. The summed E-state index contributed by atoms with van der Waals surface area (Å²) in [5.74, 6) is -1.29. The topological polar surface area (TPSA) is 86.8 Å². The molecule has 3 aromatic rings. The van der Waals surface area contributed by atoms with Gasteiger partial charge in [0.1, 0.15) is 18.4 Å². The summed E-state index contributed by atoms with van der Waals surface area (Å²) in [4.78, 5) is 28.5. The molecule has 0 aromatic heterocycles. The molecule has 0 aliphatic carbocycles. The Morgan fingerprint density at radius 2 is 1.59 bits per heavy atom. The van der Waals surface area contributed by atoms with Crippen molar-refractivity contribution in [3.05, 3.63) is 94.7 Å². The number of hydrogen-bond acceptors (Lipinski definition) is 4. The largest absolute Gasteiger partial charge is 0.354 e. The highest BCUT2D eigenvalue weighted by molar-refractivity contribution is 9.10. The lowest BCUT2D eigenvalue weighted by atomic mass is 10.1. The van der Waals surface area contributed by atoms with Gasteiger partial charge in [-0.05, 0) is 66.9 Å². The first-order valence-corrected chi connectivity index (χ1v) is 15.1. The molecule has 0 spiro atoms. The number of amides is 2. The molecule has 0 saturated carbocycles. The Morgan fingerprint density at radius 3 is 2.18 bits per heavy atom. The second kappa shape index (κ2) is 14.2. The number of rotatable bonds is 13. The predicted octanol–water partition coefficient (Wildman–Crippen LogP) is 5.51. The number of halogens is 2. The lowest BCUT2D eigenvalue weighted by Crippen LogP contribution is -2.52. The van der Waals surface area contributed by atoms with Crippen LogP contribution < -0.4 is 9.62 Å². The molecule has 0 bridgehead atoms. The molecular weight excluding hydrogens is 585 g/mol. The Kier molecular flexibility index (Phi) is 11.1. The second-order valence-electron chi connectivity index (χ2n) is 9.02. The molecule has 0 fully saturated rings. The van der Waals surface area contributed by atoms with Crippen LogP contribution in [0.2, 0.25) is 0 Å². The number of unbranched alkanes of at least 4 members (excludes halogenated alkanes) is 1. The van der Waals surface area contributed by atoms with E-state index >= 15 is 0 Å². The van der Waals surface area contributed by atoms with Gasteiger partial charge in [0.05, 0.1) is 10.6 Å². The van der Waals surface area contributed by atoms with Crippen molar-refractivity contribution in [2.75, 3.05) is 17.4 Å². The molecule has 1 N–H and O–H groups in total. The number of nitrogens with one attached hydrogen (secondary N) is 1. The summed E-state index contributed by atoms with van der Waals surface area (Å²) in [6.45, 7) is 3.76. The van der Waals surface area contributed by atoms with E-state index in [0.29, 0.717) is 24.2 Å². The predicted molar refractivity (Wildman–Crippen MR) is 154 cm³/mol. The van der Waals surface area contributed by atoms with Gasteiger partial charge in [0.25, 0.3) is 10.0 Å². The van der Waals surface area contributed by atoms with E-state index in [1.165, 1.54) is 29.2 Å². The molecule has 0 radical (unpaired) electrons. The molecule has 0 unspecified atom stereocenters. The van der Waals surface area contributed by atoms with Crippen LogP contribution in [0.15, 0.2) is 88.2 Å². The first kappa shape index (κ1) is 30.3. The number of carbonyl (C=O) groups is 2. The molecule has 3 aromatic carbocycles. The minimum atomic E-state index is -4.12. The van der Waals surface area contributed by atoms with E-state index in [9.17, 15) is 22.4 Å². The lowest BCUT2D eigenvalue weighted by molar-refractivity contribution is -0.140. The van der Waals surface area contributed by atoms with Crippen molar-refractivity contribution in [2.45, 2.75) is 50.6 Å². The number of anilines is 1. The van der Waals surface area contributed by atoms with Gasteiger partial charge in [-0.1, -0.05) is 66.5 Å². The number of nitrogens with zero attached hydrogens (tertiary/aromatic N) is 2. The van der Waals surface area contributed by atoms with Crippen LogP contribution in [0, 0.1) is 5.82 Å². The van der Waals surface area contributed by atoms with Gasteiger partial charge >= 0.3 is 0 Å². The third-order valence-corrected chi connectivity index (χ3v) is 8.52. The Morgan fingerprint density at radius 1 is 0.949 bits per heavy atom. The van der Waals surface area contributed by atoms with Crippen molar-refractivity contribution < 1.29 is 22.4 Å². The minimum Gasteiger partial charge on any atom is -0.354 e. The molecule has 2 amide bonds. The van der Waals surface area contributed by atoms with Gasteiger partial charge in [0.2, 0.25) is 11.8 Å². The van der Waals surface area contributed by atoms with Crippen molar-refractivity contribution in [2.24, 2.45) is 0 Å². The minimum absolute atomic E-state index is 0.0123. The molecule has 0 saturated heterocycles. The van der Waals surface area contributed by atoms with Crippen LogP contribution in [0.3, 0.4) is 0 Å². The maximum Gasteiger partial charge on any atom is 0.264 e. The standard InChI is InChI=1S/C29H33BrFN3O4S/c1-3-5-19-32-29(36)27(4-2)33(20-22-11-15-24(31)16-12-22)28(35)21-34(25-17-13-23(30)14-18-25)39(37,38)26-9-7-6-8-10-26/h6-18,27H,3-5,19-21H2,1-2H3,(H,32,36)/t27-/m0/s1. The number of hydrogen-bond donors (Lipinski definition) is 1. The maximum absolute atomic E-state index is 13.9. The summed E-state index contributed by atoms with van der Waals surface area (Å²) in [6, 6.07) is 19.3. The van der Waals surface area contributed by atoms with E-state index < -0.39 is 34.3 Å². The van der Waals surface area contributed by atoms with Gasteiger partial charge in [0, 0.05) is 17.6 Å². The molecule has 1 atom stereocenters. The average molecular weight is 619 g/mol. The number of benzene rings is 3. The molecular formula is C29H33BrFN3O4S. The third kappa shape index (κ3) is 8.12. The van der Waals surface area contributed by atoms with Crippen molar-refractivity contribution in [1.29, 1.82) is 0 Å². The van der Waals surface area contributed by atoms with E-state index in [1.807, 2.05) is 6.92 Å². The van der Waals surface area contributed by atoms with E-state index in [-0.39, 0.29) is 17.3 Å². The SMILES string of the molecule is CCCCNC(=O)[C@H](CC)N(Cc1ccc(F)cc1)C(=O)CN(c1ccc(Br)cc1)S(=O)(=O)c1ccccc1. The molecule has 3 rings (SSSR count). The third-order valence-electron chi connectivity index (χ3n) is 6.21. The van der Waals surface area contributed by atoms with Crippen LogP contribution in [0.1, 0.15) is 38.7 Å². The molecule has 0 aliphatic rings. The highest BCUT2D eigenvalue weighted by atomic mass is 79.9. The Hall–Kier alpha value is -3.24. The summed E-state index contributed by atoms with van der Waals surface area (Å²) in [5, 5.41) is 2.88. The lowest BCUT2D eigenvalue weighted by Gasteiger charge is -2.33. The summed E-state index contributed by atoms with van der Waals surface area (Å²) in [6.07, 6.45) is 2.00. The monoisotopic (exact) mass is 617 g/mol. The van der Waals surface area contributed by atoms with Gasteiger partial charge < -0.3 is 10.2 Å². The van der Waals surface area contributed by atoms with Crippen LogP contribution in [0.25, 0.3) is 0 Å². The van der Waals surface area contributed by atoms with Crippen molar-refractivity contribution in [3.63, 3.8) is 0 Å². The average Bonchev–Trinajstić information content (AvgIpc) is 2.93. The summed E-state index contributed by atoms with van der Waals surface area (Å²) >= 11 is 3.36. The Bertz CT molecular complexity index is 1340. The zero-order valence-electron chi connectivity index (χ0n) is 22.0. The summed E-state index contributed by atoms with van der Waals surface area (Å²) in [7, 11) is -4.12. The maximum atomic E-state index is 13.9. The fourth-order valence-electron chi connectivity index (χ4n) is 4.07. The van der Waals surface area contributed by atoms with Crippen LogP contribution in [-0.4, -0.2) is 44.3 Å². The smallest absolute Gasteiger partial charge is 0.264 e. The van der Waals surface area contributed by atoms with Crippen molar-refractivity contribution in [3.8, 4) is 0 Å². The fourth-order valence-corrected chi connectivity index (χ4v) is 5.77. The number of sulfonamides is 1. The fraction of sp³-hybridized carbons (Fsp3) is 0.310. The van der Waals surface area contributed by atoms with Crippen LogP contribution in [-0.2, 0) is 26.2 Å². The van der Waals surface area contributed by atoms with Gasteiger partial charge in [-0.25, -0.2) is 12.8 Å². The molecule has 39 heavy (non-hydrogen) atoms. The zero-order chi connectivity index (χ0) is 28.4. The van der Waals surface area contributed by atoms with E-state index in [4.69, 9.17) is 0 Å². The van der Waals surface area contributed by atoms with Crippen LogP contribution in [0.5, 0.6) is 0 Å². The van der Waals surface area contributed by atoms with Gasteiger partial charge in [0.15, 0.2) is 0 Å². The van der Waals surface area contributed by atoms with Crippen LogP contribution >= 0.6 is 15.9 Å². The van der Waals surface area contributed by atoms with E-state index in [1.54, 1.807) is 61.5 Å². The van der Waals surface area contributed by atoms with Gasteiger partial charge in [-0.15, -0.1) is 0 Å². The first-order valence-electron chi connectivity index (χ1n) is 12.8. The highest BCUT2D eigenvalue weighted by Crippen LogP contribution is 2.26. The normalized spacial score (nSPS) is 12.0. The Labute approximate surface area is 238 Å². The summed E-state index contributed by atoms with van der Waals surface area (Å²) < 4.78 is 42.9. The molecule has 0 aliphatic heterocycles. The highest BCUT2D eigenvalue weighted by Gasteiger charge is 2.33. The zero-order valence-corrected chi connectivity index (χ0v) is 24.4. The summed E-state index contributed by atoms with van der Waals surface area (Å²) in [5.41, 5.74) is 0.920. The van der Waals surface area contributed by atoms with Crippen LogP contribution in [0.4, 0.5) is 10.1 Å². The molecule has 0 heterocycles. The van der Waals surface area contributed by atoms with E-state index in [0.717, 1.165) is 21.6 Å². The van der Waals surface area contributed by atoms with Crippen molar-refractivity contribution in [1.82, 2.24) is 10.2 Å². The molecule has 208 valence electrons. The first-order chi connectivity index (χ1) is 18.7.